The van der Waals surface area contributed by atoms with Gasteiger partial charge in [0.2, 0.25) is 5.91 Å². The second-order valence-corrected chi connectivity index (χ2v) is 6.47. The van der Waals surface area contributed by atoms with Crippen molar-refractivity contribution in [2.45, 2.75) is 52.7 Å². The fourth-order valence-electron chi connectivity index (χ4n) is 2.97. The minimum Gasteiger partial charge on any atom is -0.381 e. The maximum Gasteiger partial charge on any atom is 0.240 e. The molecular formula is C14H26N2O2. The number of nitrogens with zero attached hydrogens (tertiary/aromatic N) is 1. The quantitative estimate of drug-likeness (QED) is 0.832. The summed E-state index contributed by atoms with van der Waals surface area (Å²) in [5, 5.41) is 3.41. The van der Waals surface area contributed by atoms with E-state index in [0.29, 0.717) is 5.92 Å². The summed E-state index contributed by atoms with van der Waals surface area (Å²) in [7, 11) is 0. The Bertz CT molecular complexity index is 311. The molecule has 1 amide bonds. The van der Waals surface area contributed by atoms with Crippen molar-refractivity contribution in [3.63, 3.8) is 0 Å². The highest BCUT2D eigenvalue weighted by molar-refractivity contribution is 5.84. The molecule has 0 saturated carbocycles. The molecule has 0 aliphatic carbocycles. The van der Waals surface area contributed by atoms with Crippen LogP contribution < -0.4 is 5.32 Å². The molecule has 0 aromatic carbocycles. The van der Waals surface area contributed by atoms with Gasteiger partial charge in [-0.3, -0.25) is 10.1 Å². The summed E-state index contributed by atoms with van der Waals surface area (Å²) in [6, 6.07) is -0.0409. The van der Waals surface area contributed by atoms with Gasteiger partial charge in [-0.2, -0.15) is 0 Å². The molecule has 4 heteroatoms. The zero-order valence-electron chi connectivity index (χ0n) is 12.0. The molecule has 18 heavy (non-hydrogen) atoms. The van der Waals surface area contributed by atoms with E-state index in [1.165, 1.54) is 0 Å². The van der Waals surface area contributed by atoms with Crippen molar-refractivity contribution in [2.24, 2.45) is 11.3 Å². The molecule has 2 rings (SSSR count). The maximum absolute atomic E-state index is 12.3. The second kappa shape index (κ2) is 5.17. The summed E-state index contributed by atoms with van der Waals surface area (Å²) in [5.74, 6) is 0.698. The van der Waals surface area contributed by atoms with E-state index in [1.807, 2.05) is 6.92 Å². The Morgan fingerprint density at radius 3 is 2.61 bits per heavy atom. The summed E-state index contributed by atoms with van der Waals surface area (Å²) in [4.78, 5) is 14.3. The van der Waals surface area contributed by atoms with Crippen LogP contribution in [0.5, 0.6) is 0 Å². The first-order valence-corrected chi connectivity index (χ1v) is 7.07. The third kappa shape index (κ3) is 2.69. The first-order valence-electron chi connectivity index (χ1n) is 7.07. The number of rotatable bonds is 3. The van der Waals surface area contributed by atoms with Gasteiger partial charge in [-0.25, -0.2) is 0 Å². The number of amides is 1. The first kappa shape index (κ1) is 13.8. The van der Waals surface area contributed by atoms with Crippen molar-refractivity contribution in [2.75, 3.05) is 19.8 Å². The van der Waals surface area contributed by atoms with Gasteiger partial charge in [0.1, 0.15) is 0 Å². The van der Waals surface area contributed by atoms with Crippen LogP contribution in [-0.4, -0.2) is 42.8 Å². The normalized spacial score (nSPS) is 32.3. The van der Waals surface area contributed by atoms with Gasteiger partial charge < -0.3 is 9.64 Å². The lowest BCUT2D eigenvalue weighted by atomic mass is 9.81. The molecule has 2 aliphatic rings. The Hall–Kier alpha value is -0.610. The lowest BCUT2D eigenvalue weighted by Crippen LogP contribution is -2.47. The Labute approximate surface area is 110 Å². The zero-order chi connectivity index (χ0) is 13.3. The highest BCUT2D eigenvalue weighted by Crippen LogP contribution is 2.33. The van der Waals surface area contributed by atoms with E-state index >= 15 is 0 Å². The van der Waals surface area contributed by atoms with Gasteiger partial charge in [-0.1, -0.05) is 20.8 Å². The summed E-state index contributed by atoms with van der Waals surface area (Å²) in [5.41, 5.74) is 0.215. The summed E-state index contributed by atoms with van der Waals surface area (Å²) in [6.07, 6.45) is 2.29. The molecule has 4 nitrogen and oxygen atoms in total. The van der Waals surface area contributed by atoms with E-state index in [-0.39, 0.29) is 23.5 Å². The molecule has 2 atom stereocenters. The number of ether oxygens (including phenoxy) is 1. The highest BCUT2D eigenvalue weighted by atomic mass is 16.5. The Balaban J connectivity index is 2.07. The van der Waals surface area contributed by atoms with Crippen molar-refractivity contribution in [3.05, 3.63) is 0 Å². The Morgan fingerprint density at radius 1 is 1.44 bits per heavy atom. The topological polar surface area (TPSA) is 41.6 Å². The Morgan fingerprint density at radius 2 is 2.06 bits per heavy atom. The molecule has 2 unspecified atom stereocenters. The van der Waals surface area contributed by atoms with E-state index in [4.69, 9.17) is 4.74 Å². The van der Waals surface area contributed by atoms with E-state index in [2.05, 4.69) is 31.0 Å². The summed E-state index contributed by atoms with van der Waals surface area (Å²) >= 11 is 0. The smallest absolute Gasteiger partial charge is 0.240 e. The van der Waals surface area contributed by atoms with Gasteiger partial charge >= 0.3 is 0 Å². The van der Waals surface area contributed by atoms with Crippen LogP contribution in [-0.2, 0) is 9.53 Å². The lowest BCUT2D eigenvalue weighted by Gasteiger charge is -2.39. The molecule has 2 fully saturated rings. The first-order chi connectivity index (χ1) is 8.43. The molecule has 0 aromatic rings. The van der Waals surface area contributed by atoms with Crippen LogP contribution in [0.2, 0.25) is 0 Å². The van der Waals surface area contributed by atoms with E-state index in [0.717, 1.165) is 32.6 Å². The third-order valence-electron chi connectivity index (χ3n) is 4.29. The molecule has 2 saturated heterocycles. The van der Waals surface area contributed by atoms with Crippen molar-refractivity contribution >= 4 is 5.91 Å². The molecular weight excluding hydrogens is 228 g/mol. The van der Waals surface area contributed by atoms with Gasteiger partial charge in [-0.15, -0.1) is 0 Å². The van der Waals surface area contributed by atoms with Crippen LogP contribution in [0.4, 0.5) is 0 Å². The molecule has 0 spiro atoms. The van der Waals surface area contributed by atoms with E-state index < -0.39 is 0 Å². The fourth-order valence-corrected chi connectivity index (χ4v) is 2.97. The SMILES string of the molecule is CC1NC(C(C)C)N(CC2(C)CCOCC2)C1=O. The Kier molecular flexibility index (Phi) is 3.97. The second-order valence-electron chi connectivity index (χ2n) is 6.47. The molecule has 104 valence electrons. The minimum atomic E-state index is -0.0409. The van der Waals surface area contributed by atoms with Crippen LogP contribution in [0.25, 0.3) is 0 Å². The molecule has 2 heterocycles. The van der Waals surface area contributed by atoms with Gasteiger partial charge in [-0.05, 0) is 31.1 Å². The average Bonchev–Trinajstić information content (AvgIpc) is 2.58. The zero-order valence-corrected chi connectivity index (χ0v) is 12.0. The lowest BCUT2D eigenvalue weighted by molar-refractivity contribution is -0.133. The third-order valence-corrected chi connectivity index (χ3v) is 4.29. The standard InChI is InChI=1S/C14H26N2O2/c1-10(2)12-15-11(3)13(17)16(12)9-14(4)5-7-18-8-6-14/h10-12,15H,5-9H2,1-4H3. The largest absolute Gasteiger partial charge is 0.381 e. The van der Waals surface area contributed by atoms with Gasteiger partial charge in [0.15, 0.2) is 0 Å². The molecule has 1 N–H and O–H groups in total. The van der Waals surface area contributed by atoms with Crippen molar-refractivity contribution in [1.29, 1.82) is 0 Å². The van der Waals surface area contributed by atoms with Gasteiger partial charge in [0.25, 0.3) is 0 Å². The molecule has 0 radical (unpaired) electrons. The van der Waals surface area contributed by atoms with Crippen molar-refractivity contribution < 1.29 is 9.53 Å². The highest BCUT2D eigenvalue weighted by Gasteiger charge is 2.41. The van der Waals surface area contributed by atoms with E-state index in [1.54, 1.807) is 0 Å². The maximum atomic E-state index is 12.3. The van der Waals surface area contributed by atoms with E-state index in [9.17, 15) is 4.79 Å². The van der Waals surface area contributed by atoms with Gasteiger partial charge in [0, 0.05) is 19.8 Å². The summed E-state index contributed by atoms with van der Waals surface area (Å²) in [6.45, 7) is 11.1. The number of carbonyl (C=O) groups is 1. The van der Waals surface area contributed by atoms with Crippen LogP contribution in [0.3, 0.4) is 0 Å². The number of nitrogens with one attached hydrogen (secondary N) is 1. The summed E-state index contributed by atoms with van der Waals surface area (Å²) < 4.78 is 5.43. The van der Waals surface area contributed by atoms with Crippen LogP contribution in [0.15, 0.2) is 0 Å². The predicted octanol–water partition coefficient (Wildman–Crippen LogP) is 1.61. The number of hydrogen-bond donors (Lipinski definition) is 1. The minimum absolute atomic E-state index is 0.0409. The van der Waals surface area contributed by atoms with Crippen molar-refractivity contribution in [3.8, 4) is 0 Å². The average molecular weight is 254 g/mol. The fraction of sp³-hybridized carbons (Fsp3) is 0.929. The van der Waals surface area contributed by atoms with Crippen LogP contribution in [0, 0.1) is 11.3 Å². The molecule has 0 aromatic heterocycles. The van der Waals surface area contributed by atoms with Gasteiger partial charge in [0.05, 0.1) is 12.2 Å². The monoisotopic (exact) mass is 254 g/mol. The molecule has 0 bridgehead atoms. The number of carbonyl (C=O) groups excluding carboxylic acids is 1. The van der Waals surface area contributed by atoms with Crippen molar-refractivity contribution in [1.82, 2.24) is 10.2 Å². The number of hydrogen-bond acceptors (Lipinski definition) is 3. The molecule has 2 aliphatic heterocycles. The van der Waals surface area contributed by atoms with Crippen LogP contribution in [0.1, 0.15) is 40.5 Å². The van der Waals surface area contributed by atoms with Crippen LogP contribution >= 0.6 is 0 Å². The predicted molar refractivity (Wildman–Crippen MR) is 71.1 cm³/mol.